The molecule has 0 saturated carbocycles. The van der Waals surface area contributed by atoms with Gasteiger partial charge in [0, 0.05) is 24.8 Å². The van der Waals surface area contributed by atoms with Gasteiger partial charge < -0.3 is 16.0 Å². The normalized spacial score (nSPS) is 15.0. The summed E-state index contributed by atoms with van der Waals surface area (Å²) in [6.45, 7) is 6.35. The van der Waals surface area contributed by atoms with Crippen molar-refractivity contribution in [1.29, 1.82) is 0 Å². The van der Waals surface area contributed by atoms with Gasteiger partial charge in [0.2, 0.25) is 11.8 Å². The van der Waals surface area contributed by atoms with E-state index in [1.165, 1.54) is 0 Å². The second-order valence-corrected chi connectivity index (χ2v) is 5.99. The fourth-order valence-electron chi connectivity index (χ4n) is 2.66. The van der Waals surface area contributed by atoms with Crippen LogP contribution in [-0.2, 0) is 16.0 Å². The molecule has 0 aliphatic carbocycles. The minimum atomic E-state index is -0.494. The van der Waals surface area contributed by atoms with Crippen molar-refractivity contribution in [2.45, 2.75) is 39.7 Å². The Hall–Kier alpha value is -1.88. The third-order valence-corrected chi connectivity index (χ3v) is 3.68. The zero-order valence-corrected chi connectivity index (χ0v) is 12.8. The first-order chi connectivity index (χ1) is 9.88. The van der Waals surface area contributed by atoms with Crippen LogP contribution in [0.3, 0.4) is 0 Å². The van der Waals surface area contributed by atoms with E-state index in [-0.39, 0.29) is 11.8 Å². The second kappa shape index (κ2) is 6.26. The van der Waals surface area contributed by atoms with Crippen LogP contribution >= 0.6 is 0 Å². The molecular formula is C16H23N3O2. The average Bonchev–Trinajstić information content (AvgIpc) is 2.80. The van der Waals surface area contributed by atoms with E-state index < -0.39 is 6.04 Å². The van der Waals surface area contributed by atoms with E-state index in [2.05, 4.69) is 5.32 Å². The molecule has 1 aliphatic rings. The van der Waals surface area contributed by atoms with Crippen molar-refractivity contribution in [3.8, 4) is 0 Å². The van der Waals surface area contributed by atoms with E-state index in [1.807, 2.05) is 32.0 Å². The highest BCUT2D eigenvalue weighted by atomic mass is 16.2. The van der Waals surface area contributed by atoms with Crippen molar-refractivity contribution in [3.63, 3.8) is 0 Å². The number of carbonyl (C=O) groups is 2. The van der Waals surface area contributed by atoms with Gasteiger partial charge in [-0.1, -0.05) is 13.8 Å². The minimum Gasteiger partial charge on any atom is -0.325 e. The number of anilines is 2. The van der Waals surface area contributed by atoms with Crippen molar-refractivity contribution >= 4 is 23.2 Å². The maximum atomic E-state index is 12.0. The number of carbonyl (C=O) groups excluding carboxylic acids is 2. The van der Waals surface area contributed by atoms with Crippen LogP contribution in [0, 0.1) is 5.92 Å². The van der Waals surface area contributed by atoms with E-state index in [0.717, 1.165) is 23.4 Å². The third kappa shape index (κ3) is 3.61. The topological polar surface area (TPSA) is 75.4 Å². The SMILES string of the molecule is CC(=O)N1CCc2cc(NC(=O)[C@@H](N)CC(C)C)ccc21. The van der Waals surface area contributed by atoms with Gasteiger partial charge in [-0.15, -0.1) is 0 Å². The summed E-state index contributed by atoms with van der Waals surface area (Å²) in [6.07, 6.45) is 1.48. The Morgan fingerprint density at radius 2 is 2.10 bits per heavy atom. The van der Waals surface area contributed by atoms with Gasteiger partial charge in [0.15, 0.2) is 0 Å². The molecule has 1 aromatic carbocycles. The largest absolute Gasteiger partial charge is 0.325 e. The molecule has 0 spiro atoms. The van der Waals surface area contributed by atoms with Crippen LogP contribution in [0.5, 0.6) is 0 Å². The highest BCUT2D eigenvalue weighted by Gasteiger charge is 2.23. The fourth-order valence-corrected chi connectivity index (χ4v) is 2.66. The average molecular weight is 289 g/mol. The highest BCUT2D eigenvalue weighted by molar-refractivity contribution is 5.97. The Balaban J connectivity index is 2.07. The first-order valence-electron chi connectivity index (χ1n) is 7.36. The Kier molecular flexibility index (Phi) is 4.63. The second-order valence-electron chi connectivity index (χ2n) is 5.99. The standard InChI is InChI=1S/C16H23N3O2/c1-10(2)8-14(17)16(21)18-13-4-5-15-12(9-13)6-7-19(15)11(3)20/h4-5,9-10,14H,6-8,17H2,1-3H3,(H,18,21)/t14-/m0/s1. The minimum absolute atomic E-state index is 0.0458. The Bertz CT molecular complexity index is 554. The van der Waals surface area contributed by atoms with Crippen LogP contribution in [0.2, 0.25) is 0 Å². The Labute approximate surface area is 125 Å². The van der Waals surface area contributed by atoms with Gasteiger partial charge in [0.05, 0.1) is 6.04 Å². The lowest BCUT2D eigenvalue weighted by Crippen LogP contribution is -2.36. The van der Waals surface area contributed by atoms with Gasteiger partial charge >= 0.3 is 0 Å². The van der Waals surface area contributed by atoms with Gasteiger partial charge in [-0.3, -0.25) is 9.59 Å². The van der Waals surface area contributed by atoms with Gasteiger partial charge in [0.25, 0.3) is 0 Å². The molecule has 0 radical (unpaired) electrons. The van der Waals surface area contributed by atoms with Crippen molar-refractivity contribution in [2.24, 2.45) is 11.7 Å². The summed E-state index contributed by atoms with van der Waals surface area (Å²) in [5.74, 6) is 0.268. The van der Waals surface area contributed by atoms with Crippen molar-refractivity contribution in [2.75, 3.05) is 16.8 Å². The summed E-state index contributed by atoms with van der Waals surface area (Å²) in [4.78, 5) is 25.3. The van der Waals surface area contributed by atoms with E-state index in [1.54, 1.807) is 11.8 Å². The molecule has 1 aromatic rings. The number of nitrogens with one attached hydrogen (secondary N) is 1. The summed E-state index contributed by atoms with van der Waals surface area (Å²) in [6, 6.07) is 5.14. The predicted octanol–water partition coefficient (Wildman–Crippen LogP) is 1.91. The quantitative estimate of drug-likeness (QED) is 0.889. The summed E-state index contributed by atoms with van der Waals surface area (Å²) >= 11 is 0. The zero-order valence-electron chi connectivity index (χ0n) is 12.8. The summed E-state index contributed by atoms with van der Waals surface area (Å²) in [5, 5.41) is 2.85. The molecule has 2 rings (SSSR count). The van der Waals surface area contributed by atoms with E-state index in [9.17, 15) is 9.59 Å². The van der Waals surface area contributed by atoms with Crippen molar-refractivity contribution in [1.82, 2.24) is 0 Å². The summed E-state index contributed by atoms with van der Waals surface area (Å²) in [7, 11) is 0. The molecule has 0 aromatic heterocycles. The van der Waals surface area contributed by atoms with E-state index in [0.29, 0.717) is 18.9 Å². The molecule has 3 N–H and O–H groups in total. The number of benzene rings is 1. The zero-order chi connectivity index (χ0) is 15.6. The molecule has 5 nitrogen and oxygen atoms in total. The molecule has 2 amide bonds. The van der Waals surface area contributed by atoms with Crippen molar-refractivity contribution < 1.29 is 9.59 Å². The molecule has 21 heavy (non-hydrogen) atoms. The monoisotopic (exact) mass is 289 g/mol. The lowest BCUT2D eigenvalue weighted by Gasteiger charge is -2.16. The lowest BCUT2D eigenvalue weighted by molar-refractivity contribution is -0.118. The summed E-state index contributed by atoms with van der Waals surface area (Å²) in [5.41, 5.74) is 8.64. The molecule has 5 heteroatoms. The van der Waals surface area contributed by atoms with Gasteiger partial charge in [-0.05, 0) is 42.5 Å². The third-order valence-electron chi connectivity index (χ3n) is 3.68. The van der Waals surface area contributed by atoms with Crippen LogP contribution in [0.4, 0.5) is 11.4 Å². The maximum Gasteiger partial charge on any atom is 0.241 e. The van der Waals surface area contributed by atoms with Gasteiger partial charge in [-0.25, -0.2) is 0 Å². The highest BCUT2D eigenvalue weighted by Crippen LogP contribution is 2.30. The first-order valence-corrected chi connectivity index (χ1v) is 7.36. The molecule has 114 valence electrons. The Morgan fingerprint density at radius 1 is 1.38 bits per heavy atom. The van der Waals surface area contributed by atoms with Crippen LogP contribution in [0.1, 0.15) is 32.8 Å². The Morgan fingerprint density at radius 3 is 2.71 bits per heavy atom. The number of nitrogens with two attached hydrogens (primary N) is 1. The van der Waals surface area contributed by atoms with Crippen LogP contribution < -0.4 is 16.0 Å². The van der Waals surface area contributed by atoms with Crippen molar-refractivity contribution in [3.05, 3.63) is 23.8 Å². The number of fused-ring (bicyclic) bond motifs is 1. The lowest BCUT2D eigenvalue weighted by atomic mass is 10.0. The van der Waals surface area contributed by atoms with Crippen LogP contribution in [0.15, 0.2) is 18.2 Å². The molecule has 0 saturated heterocycles. The molecule has 0 unspecified atom stereocenters. The molecule has 0 fully saturated rings. The molecule has 1 heterocycles. The number of amides is 2. The van der Waals surface area contributed by atoms with Gasteiger partial charge in [-0.2, -0.15) is 0 Å². The maximum absolute atomic E-state index is 12.0. The smallest absolute Gasteiger partial charge is 0.241 e. The van der Waals surface area contributed by atoms with Gasteiger partial charge in [0.1, 0.15) is 0 Å². The molecular weight excluding hydrogens is 266 g/mol. The van der Waals surface area contributed by atoms with E-state index in [4.69, 9.17) is 5.73 Å². The molecule has 1 atom stereocenters. The molecule has 0 bridgehead atoms. The van der Waals surface area contributed by atoms with E-state index >= 15 is 0 Å². The predicted molar refractivity (Wildman–Crippen MR) is 84.2 cm³/mol. The fraction of sp³-hybridized carbons (Fsp3) is 0.500. The van der Waals surface area contributed by atoms with Crippen LogP contribution in [0.25, 0.3) is 0 Å². The summed E-state index contributed by atoms with van der Waals surface area (Å²) < 4.78 is 0. The number of hydrogen-bond acceptors (Lipinski definition) is 3. The number of nitrogens with zero attached hydrogens (tertiary/aromatic N) is 1. The van der Waals surface area contributed by atoms with Crippen LogP contribution in [-0.4, -0.2) is 24.4 Å². The number of hydrogen-bond donors (Lipinski definition) is 2. The molecule has 1 aliphatic heterocycles. The number of rotatable bonds is 4. The first kappa shape index (κ1) is 15.5.